The van der Waals surface area contributed by atoms with E-state index in [1.807, 2.05) is 29.6 Å². The number of carbonyl (C=O) groups excluding carboxylic acids is 4. The molecular formula is C23H26N4O5S. The first kappa shape index (κ1) is 22.8. The molecule has 1 atom stereocenters. The fourth-order valence-electron chi connectivity index (χ4n) is 4.19. The van der Waals surface area contributed by atoms with Crippen LogP contribution in [0.2, 0.25) is 0 Å². The summed E-state index contributed by atoms with van der Waals surface area (Å²) in [5.74, 6) is -0.176. The van der Waals surface area contributed by atoms with Gasteiger partial charge in [-0.05, 0) is 30.0 Å². The third-order valence-electron chi connectivity index (χ3n) is 6.03. The molecule has 1 N–H and O–H groups in total. The highest BCUT2D eigenvalue weighted by Crippen LogP contribution is 2.27. The molecule has 0 saturated carbocycles. The lowest BCUT2D eigenvalue weighted by molar-refractivity contribution is -0.139. The Balaban J connectivity index is 1.36. The van der Waals surface area contributed by atoms with Crippen LogP contribution in [-0.2, 0) is 16.0 Å². The molecule has 0 spiro atoms. The van der Waals surface area contributed by atoms with Crippen LogP contribution >= 0.6 is 11.3 Å². The summed E-state index contributed by atoms with van der Waals surface area (Å²) in [6.45, 7) is 2.86. The van der Waals surface area contributed by atoms with Crippen LogP contribution in [0.4, 0.5) is 4.79 Å². The first-order chi connectivity index (χ1) is 15.8. The van der Waals surface area contributed by atoms with Crippen LogP contribution in [0.25, 0.3) is 0 Å². The number of imide groups is 1. The van der Waals surface area contributed by atoms with E-state index in [0.29, 0.717) is 36.8 Å². The number of rotatable bonds is 6. The van der Waals surface area contributed by atoms with Gasteiger partial charge >= 0.3 is 6.03 Å². The van der Waals surface area contributed by atoms with Crippen LogP contribution in [0.15, 0.2) is 41.8 Å². The number of methoxy groups -OCH3 is 1. The lowest BCUT2D eigenvalue weighted by Crippen LogP contribution is -2.53. The molecule has 1 aromatic carbocycles. The zero-order chi connectivity index (χ0) is 23.6. The molecule has 9 nitrogen and oxygen atoms in total. The third kappa shape index (κ3) is 4.56. The molecule has 2 aromatic rings. The number of urea groups is 1. The van der Waals surface area contributed by atoms with Crippen molar-refractivity contribution in [2.75, 3.05) is 39.8 Å². The van der Waals surface area contributed by atoms with E-state index in [1.54, 1.807) is 36.0 Å². The molecule has 1 aromatic heterocycles. The molecule has 2 fully saturated rings. The van der Waals surface area contributed by atoms with E-state index in [2.05, 4.69) is 5.32 Å². The average molecular weight is 471 g/mol. The van der Waals surface area contributed by atoms with Gasteiger partial charge in [0.15, 0.2) is 0 Å². The van der Waals surface area contributed by atoms with Gasteiger partial charge in [-0.3, -0.25) is 19.3 Å². The number of nitrogens with zero attached hydrogens (tertiary/aromatic N) is 3. The normalized spacial score (nSPS) is 20.7. The summed E-state index contributed by atoms with van der Waals surface area (Å²) in [7, 11) is 1.55. The van der Waals surface area contributed by atoms with E-state index in [1.165, 1.54) is 11.3 Å². The van der Waals surface area contributed by atoms with Crippen molar-refractivity contribution in [1.29, 1.82) is 0 Å². The number of hydrogen-bond donors (Lipinski definition) is 1. The van der Waals surface area contributed by atoms with E-state index in [4.69, 9.17) is 4.74 Å². The summed E-state index contributed by atoms with van der Waals surface area (Å²) >= 11 is 1.39. The molecule has 4 rings (SSSR count). The van der Waals surface area contributed by atoms with E-state index in [9.17, 15) is 19.2 Å². The quantitative estimate of drug-likeness (QED) is 0.647. The third-order valence-corrected chi connectivity index (χ3v) is 6.88. The molecule has 0 aliphatic carbocycles. The van der Waals surface area contributed by atoms with Crippen molar-refractivity contribution >= 4 is 35.1 Å². The van der Waals surface area contributed by atoms with Gasteiger partial charge in [-0.2, -0.15) is 0 Å². The number of amides is 5. The van der Waals surface area contributed by atoms with E-state index < -0.39 is 17.5 Å². The Morgan fingerprint density at radius 2 is 1.76 bits per heavy atom. The van der Waals surface area contributed by atoms with E-state index >= 15 is 0 Å². The van der Waals surface area contributed by atoms with E-state index in [-0.39, 0.29) is 24.8 Å². The molecule has 0 radical (unpaired) electrons. The summed E-state index contributed by atoms with van der Waals surface area (Å²) in [6, 6.07) is 10.3. The Morgan fingerprint density at radius 3 is 2.42 bits per heavy atom. The molecule has 33 heavy (non-hydrogen) atoms. The van der Waals surface area contributed by atoms with Crippen LogP contribution in [0, 0.1) is 0 Å². The van der Waals surface area contributed by atoms with Crippen LogP contribution in [0.1, 0.15) is 22.2 Å². The Labute approximate surface area is 195 Å². The predicted octanol–water partition coefficient (Wildman–Crippen LogP) is 1.59. The Hall–Kier alpha value is -3.40. The van der Waals surface area contributed by atoms with Gasteiger partial charge in [0, 0.05) is 32.6 Å². The smallest absolute Gasteiger partial charge is 0.325 e. The highest BCUT2D eigenvalue weighted by Gasteiger charge is 2.49. The zero-order valence-electron chi connectivity index (χ0n) is 18.6. The zero-order valence-corrected chi connectivity index (χ0v) is 19.4. The second kappa shape index (κ2) is 9.22. The van der Waals surface area contributed by atoms with Crippen molar-refractivity contribution in [2.24, 2.45) is 0 Å². The van der Waals surface area contributed by atoms with Gasteiger partial charge in [-0.15, -0.1) is 11.3 Å². The van der Waals surface area contributed by atoms with Gasteiger partial charge in [0.05, 0.1) is 12.0 Å². The van der Waals surface area contributed by atoms with Gasteiger partial charge in [0.1, 0.15) is 17.8 Å². The van der Waals surface area contributed by atoms with Crippen molar-refractivity contribution in [3.63, 3.8) is 0 Å². The van der Waals surface area contributed by atoms with Gasteiger partial charge in [-0.1, -0.05) is 24.3 Å². The molecule has 2 saturated heterocycles. The van der Waals surface area contributed by atoms with Gasteiger partial charge in [0.2, 0.25) is 5.91 Å². The number of piperazine rings is 1. The first-order valence-electron chi connectivity index (χ1n) is 10.7. The maximum atomic E-state index is 13.1. The fraction of sp³-hybridized carbons (Fsp3) is 0.391. The van der Waals surface area contributed by atoms with Crippen LogP contribution in [0.3, 0.4) is 0 Å². The average Bonchev–Trinajstić information content (AvgIpc) is 3.42. The van der Waals surface area contributed by atoms with Crippen molar-refractivity contribution in [1.82, 2.24) is 20.0 Å². The van der Waals surface area contributed by atoms with Crippen LogP contribution in [-0.4, -0.2) is 83.8 Å². The molecule has 0 unspecified atom stereocenters. The fourth-order valence-corrected chi connectivity index (χ4v) is 4.88. The Kier molecular flexibility index (Phi) is 6.37. The standard InChI is InChI=1S/C23H26N4O5S/c1-23(14-16-6-3-4-7-17(16)32-2)21(30)27(22(31)24-23)15-19(28)25-9-11-26(12-10-25)20(29)18-8-5-13-33-18/h3-8,13H,9-12,14-15H2,1-2H3,(H,24,31)/t23-/m0/s1. The molecule has 174 valence electrons. The Morgan fingerprint density at radius 1 is 1.06 bits per heavy atom. The largest absolute Gasteiger partial charge is 0.496 e. The maximum absolute atomic E-state index is 13.1. The maximum Gasteiger partial charge on any atom is 0.325 e. The monoisotopic (exact) mass is 470 g/mol. The van der Waals surface area contributed by atoms with Crippen molar-refractivity contribution < 1.29 is 23.9 Å². The van der Waals surface area contributed by atoms with Crippen molar-refractivity contribution in [2.45, 2.75) is 18.9 Å². The minimum Gasteiger partial charge on any atom is -0.496 e. The lowest BCUT2D eigenvalue weighted by atomic mass is 9.92. The second-order valence-electron chi connectivity index (χ2n) is 8.29. The molecule has 2 aliphatic rings. The molecule has 2 aliphatic heterocycles. The second-order valence-corrected chi connectivity index (χ2v) is 9.24. The summed E-state index contributed by atoms with van der Waals surface area (Å²) in [4.78, 5) is 56.0. The van der Waals surface area contributed by atoms with Crippen molar-refractivity contribution in [3.05, 3.63) is 52.2 Å². The molecule has 10 heteroatoms. The van der Waals surface area contributed by atoms with Crippen LogP contribution < -0.4 is 10.1 Å². The topological polar surface area (TPSA) is 99.3 Å². The number of para-hydroxylation sites is 1. The predicted molar refractivity (Wildman–Crippen MR) is 122 cm³/mol. The number of carbonyl (C=O) groups is 4. The molecule has 3 heterocycles. The summed E-state index contributed by atoms with van der Waals surface area (Å²) < 4.78 is 5.36. The number of ether oxygens (including phenoxy) is 1. The number of hydrogen-bond acceptors (Lipinski definition) is 6. The minimum atomic E-state index is -1.17. The molecule has 0 bridgehead atoms. The van der Waals surface area contributed by atoms with Crippen LogP contribution in [0.5, 0.6) is 5.75 Å². The molecular weight excluding hydrogens is 444 g/mol. The first-order valence-corrected chi connectivity index (χ1v) is 11.6. The number of benzene rings is 1. The number of thiophene rings is 1. The van der Waals surface area contributed by atoms with Gasteiger partial charge < -0.3 is 19.9 Å². The number of nitrogens with one attached hydrogen (secondary N) is 1. The minimum absolute atomic E-state index is 0.0432. The van der Waals surface area contributed by atoms with Gasteiger partial charge in [0.25, 0.3) is 11.8 Å². The highest BCUT2D eigenvalue weighted by molar-refractivity contribution is 7.12. The summed E-state index contributed by atoms with van der Waals surface area (Å²) in [5, 5.41) is 4.59. The summed E-state index contributed by atoms with van der Waals surface area (Å²) in [6.07, 6.45) is 0.246. The lowest BCUT2D eigenvalue weighted by Gasteiger charge is -2.35. The van der Waals surface area contributed by atoms with Crippen molar-refractivity contribution in [3.8, 4) is 5.75 Å². The van der Waals surface area contributed by atoms with E-state index in [0.717, 1.165) is 10.5 Å². The Bertz CT molecular complexity index is 1060. The molecule has 5 amide bonds. The summed E-state index contributed by atoms with van der Waals surface area (Å²) in [5.41, 5.74) is -0.381. The highest BCUT2D eigenvalue weighted by atomic mass is 32.1. The van der Waals surface area contributed by atoms with Gasteiger partial charge in [-0.25, -0.2) is 4.79 Å². The SMILES string of the molecule is COc1ccccc1C[C@]1(C)NC(=O)N(CC(=O)N2CCN(C(=O)c3cccs3)CC2)C1=O.